The summed E-state index contributed by atoms with van der Waals surface area (Å²) in [6, 6.07) is 6.60. The number of rotatable bonds is 2. The Morgan fingerprint density at radius 1 is 1.24 bits per heavy atom. The van der Waals surface area contributed by atoms with Crippen LogP contribution in [0.2, 0.25) is 0 Å². The molecule has 3 heterocycles. The molecule has 132 valence electrons. The number of carbonyl (C=O) groups is 1. The van der Waals surface area contributed by atoms with Gasteiger partial charge in [-0.1, -0.05) is 12.1 Å². The van der Waals surface area contributed by atoms with E-state index < -0.39 is 16.1 Å². The molecule has 2 saturated heterocycles. The molecule has 7 nitrogen and oxygen atoms in total. The molecule has 0 aliphatic carbocycles. The van der Waals surface area contributed by atoms with Gasteiger partial charge in [0.15, 0.2) is 0 Å². The van der Waals surface area contributed by atoms with E-state index in [0.29, 0.717) is 18.5 Å². The first kappa shape index (κ1) is 16.3. The Labute approximate surface area is 145 Å². The topological polar surface area (TPSA) is 90.8 Å². The van der Waals surface area contributed by atoms with Crippen LogP contribution in [-0.4, -0.2) is 59.5 Å². The minimum absolute atomic E-state index is 0.0660. The Morgan fingerprint density at radius 2 is 2.08 bits per heavy atom. The van der Waals surface area contributed by atoms with Crippen molar-refractivity contribution in [3.05, 3.63) is 36.7 Å². The predicted molar refractivity (Wildman–Crippen MR) is 91.7 cm³/mol. The van der Waals surface area contributed by atoms with Crippen molar-refractivity contribution in [1.29, 1.82) is 0 Å². The Kier molecular flexibility index (Phi) is 3.88. The quantitative estimate of drug-likeness (QED) is 0.883. The zero-order chi connectivity index (χ0) is 17.6. The first-order valence-electron chi connectivity index (χ1n) is 8.31. The molecule has 2 aromatic rings. The number of hydrogen-bond acceptors (Lipinski definition) is 4. The molecule has 2 fully saturated rings. The van der Waals surface area contributed by atoms with Crippen LogP contribution < -0.4 is 0 Å². The van der Waals surface area contributed by atoms with Gasteiger partial charge < -0.3 is 10.0 Å². The molecule has 25 heavy (non-hydrogen) atoms. The van der Waals surface area contributed by atoms with E-state index in [9.17, 15) is 18.3 Å². The highest BCUT2D eigenvalue weighted by Gasteiger charge is 2.45. The average Bonchev–Trinajstić information content (AvgIpc) is 3.06. The predicted octanol–water partition coefficient (Wildman–Crippen LogP) is 2.00. The molecule has 2 atom stereocenters. The van der Waals surface area contributed by atoms with Crippen LogP contribution in [0.15, 0.2) is 41.6 Å². The summed E-state index contributed by atoms with van der Waals surface area (Å²) in [6.45, 7) is 1.07. The highest BCUT2D eigenvalue weighted by Crippen LogP contribution is 2.35. The van der Waals surface area contributed by atoms with Gasteiger partial charge in [-0.3, -0.25) is 4.98 Å². The molecule has 1 aromatic carbocycles. The van der Waals surface area contributed by atoms with Crippen LogP contribution in [0.4, 0.5) is 4.79 Å². The number of piperidine rings is 1. The molecule has 2 unspecified atom stereocenters. The Bertz CT molecular complexity index is 925. The number of sulfonamides is 1. The molecule has 0 radical (unpaired) electrons. The smallest absolute Gasteiger partial charge is 0.407 e. The van der Waals surface area contributed by atoms with E-state index in [1.165, 1.54) is 9.21 Å². The lowest BCUT2D eigenvalue weighted by atomic mass is 9.92. The first-order valence-corrected chi connectivity index (χ1v) is 9.75. The number of benzene rings is 1. The molecule has 0 saturated carbocycles. The van der Waals surface area contributed by atoms with Gasteiger partial charge in [-0.2, -0.15) is 4.31 Å². The largest absolute Gasteiger partial charge is 0.465 e. The van der Waals surface area contributed by atoms with Gasteiger partial charge in [-0.25, -0.2) is 13.2 Å². The van der Waals surface area contributed by atoms with Crippen molar-refractivity contribution in [2.75, 3.05) is 19.6 Å². The van der Waals surface area contributed by atoms with E-state index in [0.717, 1.165) is 18.2 Å². The number of nitrogens with zero attached hydrogens (tertiary/aromatic N) is 3. The van der Waals surface area contributed by atoms with Crippen molar-refractivity contribution >= 4 is 26.9 Å². The molecular weight excluding hydrogens is 342 g/mol. The highest BCUT2D eigenvalue weighted by atomic mass is 32.2. The molecule has 0 spiro atoms. The van der Waals surface area contributed by atoms with Crippen LogP contribution in [0, 0.1) is 5.92 Å². The Morgan fingerprint density at radius 3 is 2.88 bits per heavy atom. The average molecular weight is 361 g/mol. The molecule has 2 aliphatic rings. The van der Waals surface area contributed by atoms with Crippen LogP contribution in [0.25, 0.3) is 10.8 Å². The number of pyridine rings is 1. The van der Waals surface area contributed by atoms with Crippen molar-refractivity contribution in [3.63, 3.8) is 0 Å². The third-order valence-corrected chi connectivity index (χ3v) is 7.14. The fourth-order valence-electron chi connectivity index (χ4n) is 4.03. The van der Waals surface area contributed by atoms with Crippen molar-refractivity contribution in [2.45, 2.75) is 23.8 Å². The van der Waals surface area contributed by atoms with E-state index in [4.69, 9.17) is 0 Å². The molecule has 2 aliphatic heterocycles. The van der Waals surface area contributed by atoms with Crippen LogP contribution in [0.1, 0.15) is 12.8 Å². The van der Waals surface area contributed by atoms with Crippen molar-refractivity contribution in [1.82, 2.24) is 14.2 Å². The third-order valence-electron chi connectivity index (χ3n) is 5.25. The van der Waals surface area contributed by atoms with Gasteiger partial charge in [0.05, 0.1) is 10.9 Å². The molecule has 8 heteroatoms. The Balaban J connectivity index is 1.71. The summed E-state index contributed by atoms with van der Waals surface area (Å²) in [5.41, 5.74) is 0. The van der Waals surface area contributed by atoms with Gasteiger partial charge in [-0.15, -0.1) is 0 Å². The summed E-state index contributed by atoms with van der Waals surface area (Å²) >= 11 is 0. The van der Waals surface area contributed by atoms with Crippen molar-refractivity contribution < 1.29 is 18.3 Å². The number of likely N-dealkylation sites (tertiary alicyclic amines) is 1. The van der Waals surface area contributed by atoms with Gasteiger partial charge in [-0.05, 0) is 30.9 Å². The monoisotopic (exact) mass is 361 g/mol. The van der Waals surface area contributed by atoms with Crippen molar-refractivity contribution in [3.8, 4) is 0 Å². The number of carboxylic acid groups (broad SMARTS) is 1. The third kappa shape index (κ3) is 2.65. The second-order valence-corrected chi connectivity index (χ2v) is 8.53. The van der Waals surface area contributed by atoms with Gasteiger partial charge in [0, 0.05) is 42.8 Å². The van der Waals surface area contributed by atoms with Gasteiger partial charge in [0.1, 0.15) is 0 Å². The summed E-state index contributed by atoms with van der Waals surface area (Å²) < 4.78 is 27.9. The molecule has 1 amide bonds. The number of aromatic nitrogens is 1. The number of amides is 1. The maximum Gasteiger partial charge on any atom is 0.407 e. The fourth-order valence-corrected chi connectivity index (χ4v) is 5.76. The van der Waals surface area contributed by atoms with Gasteiger partial charge >= 0.3 is 6.09 Å². The van der Waals surface area contributed by atoms with Gasteiger partial charge in [0.2, 0.25) is 10.0 Å². The molecule has 1 N–H and O–H groups in total. The summed E-state index contributed by atoms with van der Waals surface area (Å²) in [7, 11) is -3.69. The molecule has 4 rings (SSSR count). The molecular formula is C17H19N3O4S. The van der Waals surface area contributed by atoms with E-state index in [1.807, 2.05) is 6.07 Å². The summed E-state index contributed by atoms with van der Waals surface area (Å²) in [6.07, 6.45) is 3.90. The summed E-state index contributed by atoms with van der Waals surface area (Å²) in [5.74, 6) is 0.0660. The van der Waals surface area contributed by atoms with E-state index >= 15 is 0 Å². The maximum atomic E-state index is 13.2. The normalized spacial score (nSPS) is 24.4. The second kappa shape index (κ2) is 5.96. The SMILES string of the molecule is O=C(O)N1CCCC2CN(S(=O)(=O)c3cccc4cnccc34)CC21. The van der Waals surface area contributed by atoms with Crippen molar-refractivity contribution in [2.24, 2.45) is 5.92 Å². The van der Waals surface area contributed by atoms with Crippen LogP contribution in [0.5, 0.6) is 0 Å². The lowest BCUT2D eigenvalue weighted by molar-refractivity contribution is 0.0960. The minimum atomic E-state index is -3.69. The fraction of sp³-hybridized carbons (Fsp3) is 0.412. The Hall–Kier alpha value is -2.19. The van der Waals surface area contributed by atoms with E-state index in [2.05, 4.69) is 4.98 Å². The summed E-state index contributed by atoms with van der Waals surface area (Å²) in [5, 5.41) is 10.8. The second-order valence-electron chi connectivity index (χ2n) is 6.62. The first-order chi connectivity index (χ1) is 12.0. The highest BCUT2D eigenvalue weighted by molar-refractivity contribution is 7.89. The standard InChI is InChI=1S/C17H19N3O4S/c21-17(22)20-8-2-4-13-10-19(11-15(13)20)25(23,24)16-5-1-3-12-9-18-7-6-14(12)16/h1,3,5-7,9,13,15H,2,4,8,10-11H2,(H,21,22). The summed E-state index contributed by atoms with van der Waals surface area (Å²) in [4.78, 5) is 17.1. The number of fused-ring (bicyclic) bond motifs is 2. The molecule has 0 bridgehead atoms. The zero-order valence-electron chi connectivity index (χ0n) is 13.6. The lowest BCUT2D eigenvalue weighted by Crippen LogP contribution is -2.47. The van der Waals surface area contributed by atoms with Crippen LogP contribution in [-0.2, 0) is 10.0 Å². The van der Waals surface area contributed by atoms with E-state index in [-0.39, 0.29) is 23.4 Å². The van der Waals surface area contributed by atoms with E-state index in [1.54, 1.807) is 30.6 Å². The van der Waals surface area contributed by atoms with Crippen LogP contribution >= 0.6 is 0 Å². The minimum Gasteiger partial charge on any atom is -0.465 e. The van der Waals surface area contributed by atoms with Crippen LogP contribution in [0.3, 0.4) is 0 Å². The lowest BCUT2D eigenvalue weighted by Gasteiger charge is -2.34. The number of hydrogen-bond donors (Lipinski definition) is 1. The zero-order valence-corrected chi connectivity index (χ0v) is 14.4. The van der Waals surface area contributed by atoms with Gasteiger partial charge in [0.25, 0.3) is 0 Å². The maximum absolute atomic E-state index is 13.2. The molecule has 1 aromatic heterocycles.